The molecule has 0 atom stereocenters. The predicted octanol–water partition coefficient (Wildman–Crippen LogP) is -0.161. The molecule has 0 amide bonds. The molecule has 0 aromatic rings. The smallest absolute Gasteiger partial charge is 0.151 e. The van der Waals surface area contributed by atoms with Crippen molar-refractivity contribution in [1.82, 2.24) is 0 Å². The summed E-state index contributed by atoms with van der Waals surface area (Å²) in [6, 6.07) is 0. The van der Waals surface area contributed by atoms with E-state index in [-0.39, 0.29) is 11.5 Å². The van der Waals surface area contributed by atoms with Crippen LogP contribution in [0, 0.1) is 0 Å². The van der Waals surface area contributed by atoms with Gasteiger partial charge in [-0.3, -0.25) is 4.79 Å². The highest BCUT2D eigenvalue weighted by Gasteiger charge is 1.76. The second-order valence-corrected chi connectivity index (χ2v) is 1.37. The van der Waals surface area contributed by atoms with Gasteiger partial charge < -0.3 is 5.11 Å². The SMILES string of the molecule is CC(=O)/C=C(\C)[O-]. The van der Waals surface area contributed by atoms with E-state index in [0.717, 1.165) is 6.08 Å². The summed E-state index contributed by atoms with van der Waals surface area (Å²) in [6.45, 7) is 2.70. The van der Waals surface area contributed by atoms with E-state index >= 15 is 0 Å². The van der Waals surface area contributed by atoms with Crippen LogP contribution in [0.1, 0.15) is 13.8 Å². The van der Waals surface area contributed by atoms with Crippen LogP contribution in [0.4, 0.5) is 0 Å². The number of hydrogen-bond acceptors (Lipinski definition) is 2. The van der Waals surface area contributed by atoms with Crippen LogP contribution in [0.5, 0.6) is 0 Å². The summed E-state index contributed by atoms with van der Waals surface area (Å²) in [5.74, 6) is -0.375. The topological polar surface area (TPSA) is 40.1 Å². The highest BCUT2D eigenvalue weighted by molar-refractivity contribution is 5.87. The normalized spacial score (nSPS) is 11.4. The molecule has 0 aliphatic heterocycles. The maximum absolute atomic E-state index is 9.98. The van der Waals surface area contributed by atoms with Crippen LogP contribution in [0.15, 0.2) is 11.8 Å². The van der Waals surface area contributed by atoms with Crippen molar-refractivity contribution in [3.63, 3.8) is 0 Å². The Hall–Kier alpha value is -0.790. The van der Waals surface area contributed by atoms with Gasteiger partial charge in [-0.2, -0.15) is 0 Å². The molecule has 0 radical (unpaired) electrons. The third-order valence-electron chi connectivity index (χ3n) is 0.407. The van der Waals surface area contributed by atoms with Crippen LogP contribution < -0.4 is 5.11 Å². The average molecular weight is 99.1 g/mol. The molecule has 7 heavy (non-hydrogen) atoms. The average Bonchev–Trinajstić information content (AvgIpc) is 1.27. The fourth-order valence-corrected chi connectivity index (χ4v) is 0.286. The number of hydrogen-bond donors (Lipinski definition) is 0. The van der Waals surface area contributed by atoms with Crippen LogP contribution in [0.3, 0.4) is 0 Å². The minimum atomic E-state index is -0.187. The Morgan fingerprint density at radius 1 is 1.57 bits per heavy atom. The van der Waals surface area contributed by atoms with Gasteiger partial charge in [-0.25, -0.2) is 0 Å². The van der Waals surface area contributed by atoms with Crippen molar-refractivity contribution in [2.45, 2.75) is 13.8 Å². The molecule has 0 bridgehead atoms. The Bertz CT molecular complexity index is 98.6. The van der Waals surface area contributed by atoms with Crippen molar-refractivity contribution in [3.8, 4) is 0 Å². The molecule has 0 fully saturated rings. The molecule has 2 heteroatoms. The Morgan fingerprint density at radius 2 is 2.00 bits per heavy atom. The lowest BCUT2D eigenvalue weighted by molar-refractivity contribution is -0.301. The molecule has 40 valence electrons. The summed E-state index contributed by atoms with van der Waals surface area (Å²) in [5.41, 5.74) is 0. The number of rotatable bonds is 1. The van der Waals surface area contributed by atoms with E-state index in [1.54, 1.807) is 0 Å². The molecule has 0 unspecified atom stereocenters. The second kappa shape index (κ2) is 2.39. The molecule has 0 heterocycles. The number of carbonyl (C=O) groups excluding carboxylic acids is 1. The Labute approximate surface area is 42.5 Å². The molecular weight excluding hydrogens is 92.1 g/mol. The lowest BCUT2D eigenvalue weighted by atomic mass is 10.4. The van der Waals surface area contributed by atoms with Gasteiger partial charge in [0.15, 0.2) is 5.78 Å². The van der Waals surface area contributed by atoms with Gasteiger partial charge in [0.05, 0.1) is 0 Å². The Morgan fingerprint density at radius 3 is 2.00 bits per heavy atom. The van der Waals surface area contributed by atoms with Crippen molar-refractivity contribution in [1.29, 1.82) is 0 Å². The van der Waals surface area contributed by atoms with Crippen LogP contribution in [-0.2, 0) is 4.79 Å². The van der Waals surface area contributed by atoms with Gasteiger partial charge in [0.2, 0.25) is 0 Å². The Kier molecular flexibility index (Phi) is 2.12. The zero-order chi connectivity index (χ0) is 5.86. The lowest BCUT2D eigenvalue weighted by Gasteiger charge is -1.98. The number of allylic oxidation sites excluding steroid dienone is 2. The summed E-state index contributed by atoms with van der Waals surface area (Å²) in [5, 5.41) is 9.98. The minimum Gasteiger partial charge on any atom is -0.876 e. The maximum atomic E-state index is 9.98. The van der Waals surface area contributed by atoms with Crippen molar-refractivity contribution in [2.24, 2.45) is 0 Å². The third-order valence-corrected chi connectivity index (χ3v) is 0.407. The molecular formula is C5H7O2-. The van der Waals surface area contributed by atoms with Gasteiger partial charge in [0.1, 0.15) is 0 Å². The summed E-state index contributed by atoms with van der Waals surface area (Å²) < 4.78 is 0. The largest absolute Gasteiger partial charge is 0.876 e. The first-order valence-corrected chi connectivity index (χ1v) is 1.99. The zero-order valence-electron chi connectivity index (χ0n) is 4.39. The van der Waals surface area contributed by atoms with Crippen LogP contribution in [0.25, 0.3) is 0 Å². The molecule has 0 rings (SSSR count). The molecule has 0 aromatic carbocycles. The van der Waals surface area contributed by atoms with E-state index < -0.39 is 0 Å². The fraction of sp³-hybridized carbons (Fsp3) is 0.400. The summed E-state index contributed by atoms with van der Waals surface area (Å²) >= 11 is 0. The minimum absolute atomic E-state index is 0.187. The molecule has 0 spiro atoms. The van der Waals surface area contributed by atoms with Gasteiger partial charge in [0, 0.05) is 0 Å². The monoisotopic (exact) mass is 99.0 g/mol. The molecule has 0 saturated heterocycles. The van der Waals surface area contributed by atoms with E-state index in [2.05, 4.69) is 0 Å². The standard InChI is InChI=1S/C5H8O2/c1-4(6)3-5(2)7/h3,6H,1-2H3/p-1/b4-3+. The Balaban J connectivity index is 3.68. The molecule has 0 aliphatic rings. The zero-order valence-corrected chi connectivity index (χ0v) is 4.39. The van der Waals surface area contributed by atoms with E-state index in [9.17, 15) is 9.90 Å². The van der Waals surface area contributed by atoms with E-state index in [1.165, 1.54) is 13.8 Å². The second-order valence-electron chi connectivity index (χ2n) is 1.37. The van der Waals surface area contributed by atoms with E-state index in [0.29, 0.717) is 0 Å². The van der Waals surface area contributed by atoms with Gasteiger partial charge in [-0.05, 0) is 13.0 Å². The molecule has 0 aromatic heterocycles. The number of ketones is 1. The van der Waals surface area contributed by atoms with Gasteiger partial charge in [-0.1, -0.05) is 6.92 Å². The van der Waals surface area contributed by atoms with Crippen molar-refractivity contribution in [3.05, 3.63) is 11.8 Å². The summed E-state index contributed by atoms with van der Waals surface area (Å²) in [6.07, 6.45) is 1.06. The summed E-state index contributed by atoms with van der Waals surface area (Å²) in [4.78, 5) is 9.98. The number of carbonyl (C=O) groups is 1. The summed E-state index contributed by atoms with van der Waals surface area (Å²) in [7, 11) is 0. The quantitative estimate of drug-likeness (QED) is 0.338. The first-order chi connectivity index (χ1) is 3.13. The van der Waals surface area contributed by atoms with Crippen molar-refractivity contribution in [2.75, 3.05) is 0 Å². The predicted molar refractivity (Wildman–Crippen MR) is 24.4 cm³/mol. The lowest BCUT2D eigenvalue weighted by Crippen LogP contribution is -1.99. The van der Waals surface area contributed by atoms with Gasteiger partial charge >= 0.3 is 0 Å². The third kappa shape index (κ3) is 5.21. The highest BCUT2D eigenvalue weighted by atomic mass is 16.3. The fourth-order valence-electron chi connectivity index (χ4n) is 0.286. The van der Waals surface area contributed by atoms with Crippen molar-refractivity contribution < 1.29 is 9.90 Å². The van der Waals surface area contributed by atoms with Crippen molar-refractivity contribution >= 4 is 5.78 Å². The molecule has 0 aliphatic carbocycles. The molecule has 0 saturated carbocycles. The molecule has 0 N–H and O–H groups in total. The van der Waals surface area contributed by atoms with Crippen LogP contribution >= 0.6 is 0 Å². The first-order valence-electron chi connectivity index (χ1n) is 1.99. The maximum Gasteiger partial charge on any atom is 0.151 e. The highest BCUT2D eigenvalue weighted by Crippen LogP contribution is 1.77. The molecule has 2 nitrogen and oxygen atoms in total. The van der Waals surface area contributed by atoms with Crippen LogP contribution in [0.2, 0.25) is 0 Å². The van der Waals surface area contributed by atoms with E-state index in [4.69, 9.17) is 0 Å². The van der Waals surface area contributed by atoms with Gasteiger partial charge in [0.25, 0.3) is 0 Å². The first kappa shape index (κ1) is 6.21. The van der Waals surface area contributed by atoms with E-state index in [1.807, 2.05) is 0 Å². The van der Waals surface area contributed by atoms with Crippen LogP contribution in [-0.4, -0.2) is 5.78 Å². The van der Waals surface area contributed by atoms with Gasteiger partial charge in [-0.15, -0.1) is 5.76 Å².